The Morgan fingerprint density at radius 3 is 2.86 bits per heavy atom. The summed E-state index contributed by atoms with van der Waals surface area (Å²) in [6, 6.07) is 5.57. The number of fused-ring (bicyclic) bond motifs is 3. The van der Waals surface area contributed by atoms with Crippen LogP contribution >= 0.6 is 0 Å². The van der Waals surface area contributed by atoms with Gasteiger partial charge in [-0.25, -0.2) is 0 Å². The Bertz CT molecular complexity index is 901. The molecule has 2 amide bonds. The number of amides is 2. The van der Waals surface area contributed by atoms with E-state index in [2.05, 4.69) is 15.4 Å². The lowest BCUT2D eigenvalue weighted by Gasteiger charge is -2.44. The number of piperidine rings is 1. The summed E-state index contributed by atoms with van der Waals surface area (Å²) in [6.45, 7) is 5.17. The summed E-state index contributed by atoms with van der Waals surface area (Å²) in [5, 5.41) is 6.89. The molecule has 1 aromatic heterocycles. The van der Waals surface area contributed by atoms with E-state index in [1.165, 1.54) is 0 Å². The Labute approximate surface area is 164 Å². The molecule has 28 heavy (non-hydrogen) atoms. The van der Waals surface area contributed by atoms with Gasteiger partial charge in [0.25, 0.3) is 5.91 Å². The molecule has 2 aliphatic heterocycles. The third-order valence-electron chi connectivity index (χ3n) is 5.87. The van der Waals surface area contributed by atoms with E-state index in [1.807, 2.05) is 32.0 Å². The summed E-state index contributed by atoms with van der Waals surface area (Å²) in [5.74, 6) is 0.760. The van der Waals surface area contributed by atoms with Gasteiger partial charge in [-0.05, 0) is 57.7 Å². The van der Waals surface area contributed by atoms with Gasteiger partial charge in [0, 0.05) is 31.3 Å². The summed E-state index contributed by atoms with van der Waals surface area (Å²) in [7, 11) is 1.80. The number of rotatable bonds is 4. The molecule has 0 saturated carbocycles. The highest BCUT2D eigenvalue weighted by atomic mass is 16.5. The zero-order chi connectivity index (χ0) is 19.8. The van der Waals surface area contributed by atoms with E-state index in [1.54, 1.807) is 11.9 Å². The third kappa shape index (κ3) is 3.15. The summed E-state index contributed by atoms with van der Waals surface area (Å²) >= 11 is 0. The quantitative estimate of drug-likeness (QED) is 0.879. The number of nitrogens with zero attached hydrogens (tertiary/aromatic N) is 3. The summed E-state index contributed by atoms with van der Waals surface area (Å²) < 4.78 is 5.16. The average Bonchev–Trinajstić information content (AvgIpc) is 3.03. The van der Waals surface area contributed by atoms with E-state index in [-0.39, 0.29) is 17.9 Å². The van der Waals surface area contributed by atoms with Crippen LogP contribution in [0.15, 0.2) is 22.7 Å². The second kappa shape index (κ2) is 7.30. The monoisotopic (exact) mass is 382 g/mol. The molecular weight excluding hydrogens is 356 g/mol. The van der Waals surface area contributed by atoms with Crippen LogP contribution in [0.25, 0.3) is 0 Å². The van der Waals surface area contributed by atoms with Gasteiger partial charge in [-0.15, -0.1) is 0 Å². The highest BCUT2D eigenvalue weighted by molar-refractivity contribution is 6.07. The van der Waals surface area contributed by atoms with Crippen LogP contribution in [-0.4, -0.2) is 43.2 Å². The molecule has 1 atom stereocenters. The maximum atomic E-state index is 12.7. The number of benzene rings is 1. The Kier molecular flexibility index (Phi) is 4.83. The lowest BCUT2D eigenvalue weighted by atomic mass is 9.96. The highest BCUT2D eigenvalue weighted by Crippen LogP contribution is 2.39. The number of likely N-dealkylation sites (N-methyl/N-ethyl adjacent to an activating group) is 1. The van der Waals surface area contributed by atoms with Gasteiger partial charge in [0.15, 0.2) is 0 Å². The lowest BCUT2D eigenvalue weighted by Crippen LogP contribution is -2.54. The predicted octanol–water partition coefficient (Wildman–Crippen LogP) is 2.60. The maximum Gasteiger partial charge on any atom is 0.251 e. The number of anilines is 2. The smallest absolute Gasteiger partial charge is 0.251 e. The van der Waals surface area contributed by atoms with Crippen molar-refractivity contribution in [2.75, 3.05) is 29.9 Å². The first-order valence-corrected chi connectivity index (χ1v) is 9.85. The van der Waals surface area contributed by atoms with Crippen LogP contribution in [0.3, 0.4) is 0 Å². The maximum absolute atomic E-state index is 12.7. The Morgan fingerprint density at radius 1 is 1.29 bits per heavy atom. The van der Waals surface area contributed by atoms with Crippen molar-refractivity contribution in [3.8, 4) is 0 Å². The molecule has 3 heterocycles. The number of nitrogens with one attached hydrogen (secondary N) is 1. The van der Waals surface area contributed by atoms with Crippen molar-refractivity contribution < 1.29 is 14.1 Å². The van der Waals surface area contributed by atoms with Crippen LogP contribution in [0.2, 0.25) is 0 Å². The van der Waals surface area contributed by atoms with Crippen molar-refractivity contribution in [1.29, 1.82) is 0 Å². The first-order valence-electron chi connectivity index (χ1n) is 9.85. The molecule has 1 N–H and O–H groups in total. The van der Waals surface area contributed by atoms with Crippen LogP contribution in [0, 0.1) is 13.8 Å². The zero-order valence-electron chi connectivity index (χ0n) is 16.6. The summed E-state index contributed by atoms with van der Waals surface area (Å²) in [4.78, 5) is 29.3. The van der Waals surface area contributed by atoms with Gasteiger partial charge in [0.05, 0.1) is 17.1 Å². The molecule has 1 saturated heterocycles. The Balaban J connectivity index is 1.49. The van der Waals surface area contributed by atoms with Crippen molar-refractivity contribution in [1.82, 2.24) is 10.5 Å². The van der Waals surface area contributed by atoms with E-state index in [0.717, 1.165) is 54.2 Å². The van der Waals surface area contributed by atoms with Crippen molar-refractivity contribution in [3.63, 3.8) is 0 Å². The van der Waals surface area contributed by atoms with E-state index in [0.29, 0.717) is 18.5 Å². The number of aryl methyl sites for hydroxylation is 2. The molecule has 7 heteroatoms. The lowest BCUT2D eigenvalue weighted by molar-refractivity contribution is -0.120. The second-order valence-corrected chi connectivity index (χ2v) is 7.61. The van der Waals surface area contributed by atoms with Gasteiger partial charge in [-0.1, -0.05) is 5.16 Å². The van der Waals surface area contributed by atoms with Crippen LogP contribution in [0.4, 0.5) is 11.4 Å². The molecule has 2 aromatic rings. The van der Waals surface area contributed by atoms with E-state index in [9.17, 15) is 9.59 Å². The molecule has 148 valence electrons. The van der Waals surface area contributed by atoms with Crippen molar-refractivity contribution in [2.45, 2.75) is 45.6 Å². The molecule has 2 aliphatic rings. The fourth-order valence-electron chi connectivity index (χ4n) is 4.26. The average molecular weight is 382 g/mol. The number of carbonyl (C=O) groups excluding carboxylic acids is 2. The third-order valence-corrected chi connectivity index (χ3v) is 5.87. The molecule has 0 spiro atoms. The molecule has 4 rings (SSSR count). The fraction of sp³-hybridized carbons (Fsp3) is 0.476. The van der Waals surface area contributed by atoms with Crippen LogP contribution in [0.1, 0.15) is 46.6 Å². The van der Waals surface area contributed by atoms with Gasteiger partial charge in [0.2, 0.25) is 5.91 Å². The van der Waals surface area contributed by atoms with Crippen LogP contribution in [0.5, 0.6) is 0 Å². The molecule has 1 aromatic carbocycles. The highest BCUT2D eigenvalue weighted by Gasteiger charge is 2.37. The molecular formula is C21H26N4O3. The van der Waals surface area contributed by atoms with Crippen molar-refractivity contribution in [2.24, 2.45) is 0 Å². The number of hydrogen-bond donors (Lipinski definition) is 1. The molecule has 1 fully saturated rings. The van der Waals surface area contributed by atoms with Crippen molar-refractivity contribution >= 4 is 23.2 Å². The van der Waals surface area contributed by atoms with Gasteiger partial charge < -0.3 is 19.6 Å². The predicted molar refractivity (Wildman–Crippen MR) is 107 cm³/mol. The van der Waals surface area contributed by atoms with Crippen LogP contribution in [-0.2, 0) is 11.2 Å². The SMILES string of the molecule is Cc1noc(C)c1CCNC(=O)c1ccc2c(c1)N(C)C(=O)[C@H]1CCCCN21. The zero-order valence-corrected chi connectivity index (χ0v) is 16.6. The second-order valence-electron chi connectivity index (χ2n) is 7.61. The summed E-state index contributed by atoms with van der Waals surface area (Å²) in [6.07, 6.45) is 3.75. The first kappa shape index (κ1) is 18.5. The summed E-state index contributed by atoms with van der Waals surface area (Å²) in [5.41, 5.74) is 4.30. The minimum atomic E-state index is -0.142. The largest absolute Gasteiger partial charge is 0.361 e. The topological polar surface area (TPSA) is 78.7 Å². The van der Waals surface area contributed by atoms with E-state index >= 15 is 0 Å². The van der Waals surface area contributed by atoms with E-state index < -0.39 is 0 Å². The molecule has 0 aliphatic carbocycles. The number of hydrogen-bond acceptors (Lipinski definition) is 5. The standard InChI is InChI=1S/C21H26N4O3/c1-13-16(14(2)28-23-13)9-10-22-20(26)15-7-8-17-19(12-15)24(3)21(27)18-6-4-5-11-25(17)18/h7-8,12,18H,4-6,9-11H2,1-3H3,(H,22,26)/t18-/m1/s1. The van der Waals surface area contributed by atoms with E-state index in [4.69, 9.17) is 4.52 Å². The Hall–Kier alpha value is -2.83. The molecule has 7 nitrogen and oxygen atoms in total. The van der Waals surface area contributed by atoms with Gasteiger partial charge >= 0.3 is 0 Å². The van der Waals surface area contributed by atoms with Gasteiger partial charge in [-0.2, -0.15) is 0 Å². The minimum Gasteiger partial charge on any atom is -0.361 e. The van der Waals surface area contributed by atoms with Crippen molar-refractivity contribution in [3.05, 3.63) is 40.8 Å². The minimum absolute atomic E-state index is 0.0685. The van der Waals surface area contributed by atoms with Gasteiger partial charge in [0.1, 0.15) is 11.8 Å². The molecule has 0 unspecified atom stereocenters. The first-order chi connectivity index (χ1) is 13.5. The molecule has 0 radical (unpaired) electrons. The fourth-order valence-corrected chi connectivity index (χ4v) is 4.26. The van der Waals surface area contributed by atoms with Crippen LogP contribution < -0.4 is 15.1 Å². The van der Waals surface area contributed by atoms with Gasteiger partial charge in [-0.3, -0.25) is 9.59 Å². The number of aromatic nitrogens is 1. The normalized spacial score (nSPS) is 18.7. The molecule has 0 bridgehead atoms. The number of carbonyl (C=O) groups is 2. The Morgan fingerprint density at radius 2 is 2.11 bits per heavy atom.